The number of hydrogen-bond donors (Lipinski definition) is 1. The first kappa shape index (κ1) is 15.7. The Labute approximate surface area is 117 Å². The highest BCUT2D eigenvalue weighted by atomic mass is 35.5. The lowest BCUT2D eigenvalue weighted by Gasteiger charge is -2.20. The monoisotopic (exact) mass is 287 g/mol. The van der Waals surface area contributed by atoms with Crippen molar-refractivity contribution < 1.29 is 14.3 Å². The molecule has 0 aliphatic carbocycles. The number of halogens is 1. The number of carbonyl (C=O) groups is 1. The molecule has 1 aromatic rings. The fourth-order valence-electron chi connectivity index (χ4n) is 1.52. The van der Waals surface area contributed by atoms with Crippen molar-refractivity contribution in [2.45, 2.75) is 26.5 Å². The summed E-state index contributed by atoms with van der Waals surface area (Å²) < 4.78 is 9.71. The molecule has 0 bridgehead atoms. The number of rotatable bonds is 6. The van der Waals surface area contributed by atoms with Crippen molar-refractivity contribution in [1.29, 1.82) is 0 Å². The maximum absolute atomic E-state index is 11.7. The predicted octanol–water partition coefficient (Wildman–Crippen LogP) is 1.89. The molecule has 0 aromatic carbocycles. The van der Waals surface area contributed by atoms with Crippen molar-refractivity contribution in [2.24, 2.45) is 5.92 Å². The normalized spacial score (nSPS) is 12.3. The van der Waals surface area contributed by atoms with Crippen LogP contribution in [-0.4, -0.2) is 36.2 Å². The first-order valence-corrected chi connectivity index (χ1v) is 6.22. The van der Waals surface area contributed by atoms with Crippen molar-refractivity contribution in [1.82, 2.24) is 9.97 Å². The Morgan fingerprint density at radius 2 is 2.11 bits per heavy atom. The average Bonchev–Trinajstić information content (AvgIpc) is 2.34. The minimum absolute atomic E-state index is 0.0482. The molecule has 1 rings (SSSR count). The molecule has 0 aliphatic heterocycles. The summed E-state index contributed by atoms with van der Waals surface area (Å²) in [6.45, 7) is 4.07. The van der Waals surface area contributed by atoms with Crippen LogP contribution in [0.25, 0.3) is 0 Å². The van der Waals surface area contributed by atoms with Crippen molar-refractivity contribution in [3.8, 4) is 0 Å². The van der Waals surface area contributed by atoms with E-state index in [4.69, 9.17) is 21.1 Å². The zero-order chi connectivity index (χ0) is 14.4. The molecule has 0 radical (unpaired) electrons. The quantitative estimate of drug-likeness (QED) is 0.636. The topological polar surface area (TPSA) is 73.3 Å². The van der Waals surface area contributed by atoms with E-state index in [0.29, 0.717) is 11.6 Å². The molecule has 1 aromatic heterocycles. The van der Waals surface area contributed by atoms with Gasteiger partial charge in [-0.25, -0.2) is 14.8 Å². The summed E-state index contributed by atoms with van der Waals surface area (Å²) in [5.41, 5.74) is 0. The number of carbonyl (C=O) groups excluding carboxylic acids is 1. The van der Waals surface area contributed by atoms with E-state index in [1.54, 1.807) is 13.2 Å². The summed E-state index contributed by atoms with van der Waals surface area (Å²) in [5.74, 6) is 0.617. The fraction of sp³-hybridized carbons (Fsp3) is 0.583. The third-order valence-corrected chi connectivity index (χ3v) is 2.63. The highest BCUT2D eigenvalue weighted by molar-refractivity contribution is 6.29. The zero-order valence-electron chi connectivity index (χ0n) is 11.4. The molecule has 1 unspecified atom stereocenters. The maximum Gasteiger partial charge on any atom is 0.328 e. The van der Waals surface area contributed by atoms with Gasteiger partial charge in [0.25, 0.3) is 0 Å². The molecule has 1 heterocycles. The van der Waals surface area contributed by atoms with Crippen LogP contribution >= 0.6 is 11.6 Å². The number of methoxy groups -OCH3 is 2. The van der Waals surface area contributed by atoms with Crippen LogP contribution in [-0.2, 0) is 20.9 Å². The number of esters is 1. The van der Waals surface area contributed by atoms with Crippen LogP contribution in [0.15, 0.2) is 6.07 Å². The van der Waals surface area contributed by atoms with E-state index < -0.39 is 6.04 Å². The van der Waals surface area contributed by atoms with Gasteiger partial charge in [0.05, 0.1) is 7.11 Å². The Morgan fingerprint density at radius 3 is 2.63 bits per heavy atom. The van der Waals surface area contributed by atoms with Gasteiger partial charge in [0.15, 0.2) is 5.82 Å². The van der Waals surface area contributed by atoms with Gasteiger partial charge in [-0.05, 0) is 5.92 Å². The van der Waals surface area contributed by atoms with Gasteiger partial charge in [0.2, 0.25) is 0 Å². The number of nitrogens with zero attached hydrogens (tertiary/aromatic N) is 2. The second-order valence-electron chi connectivity index (χ2n) is 4.31. The summed E-state index contributed by atoms with van der Waals surface area (Å²) >= 11 is 5.90. The lowest BCUT2D eigenvalue weighted by Crippen LogP contribution is -2.35. The molecule has 0 fully saturated rings. The van der Waals surface area contributed by atoms with E-state index in [9.17, 15) is 4.79 Å². The van der Waals surface area contributed by atoms with Gasteiger partial charge in [-0.15, -0.1) is 0 Å². The molecule has 1 atom stereocenters. The van der Waals surface area contributed by atoms with Crippen molar-refractivity contribution in [2.75, 3.05) is 19.5 Å². The molecular formula is C12H18ClN3O3. The molecule has 0 amide bonds. The largest absolute Gasteiger partial charge is 0.467 e. The third kappa shape index (κ3) is 4.65. The Morgan fingerprint density at radius 1 is 1.42 bits per heavy atom. The molecule has 0 spiro atoms. The summed E-state index contributed by atoms with van der Waals surface area (Å²) in [6.07, 6.45) is 0. The van der Waals surface area contributed by atoms with E-state index in [1.165, 1.54) is 7.11 Å². The molecular weight excluding hydrogens is 270 g/mol. The van der Waals surface area contributed by atoms with E-state index in [2.05, 4.69) is 15.3 Å². The Balaban J connectivity index is 2.92. The molecule has 1 N–H and O–H groups in total. The maximum atomic E-state index is 11.7. The molecule has 19 heavy (non-hydrogen) atoms. The van der Waals surface area contributed by atoms with Crippen LogP contribution < -0.4 is 5.32 Å². The standard InChI is InChI=1S/C12H18ClN3O3/c1-7(2)11(12(17)19-4)16-9-5-8(13)14-10(15-9)6-18-3/h5,7,11H,6H2,1-4H3,(H,14,15,16). The Kier molecular flexibility index (Phi) is 5.98. The smallest absolute Gasteiger partial charge is 0.328 e. The predicted molar refractivity (Wildman–Crippen MR) is 72.0 cm³/mol. The molecule has 7 heteroatoms. The Bertz CT molecular complexity index is 440. The summed E-state index contributed by atoms with van der Waals surface area (Å²) in [7, 11) is 2.89. The second kappa shape index (κ2) is 7.25. The van der Waals surface area contributed by atoms with Gasteiger partial charge in [-0.1, -0.05) is 25.4 Å². The van der Waals surface area contributed by atoms with Gasteiger partial charge in [-0.3, -0.25) is 0 Å². The number of ether oxygens (including phenoxy) is 2. The molecule has 0 aliphatic rings. The number of aromatic nitrogens is 2. The molecule has 0 saturated heterocycles. The van der Waals surface area contributed by atoms with Crippen LogP contribution in [0.1, 0.15) is 19.7 Å². The fourth-order valence-corrected chi connectivity index (χ4v) is 1.72. The van der Waals surface area contributed by atoms with Crippen molar-refractivity contribution in [3.63, 3.8) is 0 Å². The lowest BCUT2D eigenvalue weighted by molar-refractivity contribution is -0.142. The van der Waals surface area contributed by atoms with E-state index in [0.717, 1.165) is 0 Å². The minimum Gasteiger partial charge on any atom is -0.467 e. The minimum atomic E-state index is -0.494. The van der Waals surface area contributed by atoms with Gasteiger partial charge in [0.1, 0.15) is 23.6 Å². The van der Waals surface area contributed by atoms with E-state index >= 15 is 0 Å². The summed E-state index contributed by atoms with van der Waals surface area (Å²) in [6, 6.07) is 1.06. The zero-order valence-corrected chi connectivity index (χ0v) is 12.2. The van der Waals surface area contributed by atoms with E-state index in [-0.39, 0.29) is 23.6 Å². The highest BCUT2D eigenvalue weighted by Gasteiger charge is 2.23. The Hall–Kier alpha value is -1.40. The number of nitrogens with one attached hydrogen (secondary N) is 1. The SMILES string of the molecule is COCc1nc(Cl)cc(NC(C(=O)OC)C(C)C)n1. The van der Waals surface area contributed by atoms with Crippen LogP contribution in [0.4, 0.5) is 5.82 Å². The van der Waals surface area contributed by atoms with Gasteiger partial charge in [0, 0.05) is 13.2 Å². The number of hydrogen-bond acceptors (Lipinski definition) is 6. The van der Waals surface area contributed by atoms with Gasteiger partial charge >= 0.3 is 5.97 Å². The van der Waals surface area contributed by atoms with Crippen LogP contribution in [0.2, 0.25) is 5.15 Å². The third-order valence-electron chi connectivity index (χ3n) is 2.44. The highest BCUT2D eigenvalue weighted by Crippen LogP contribution is 2.16. The average molecular weight is 288 g/mol. The van der Waals surface area contributed by atoms with Crippen molar-refractivity contribution in [3.05, 3.63) is 17.0 Å². The number of anilines is 1. The van der Waals surface area contributed by atoms with Gasteiger partial charge < -0.3 is 14.8 Å². The molecule has 6 nitrogen and oxygen atoms in total. The molecule has 0 saturated carbocycles. The van der Waals surface area contributed by atoms with Crippen LogP contribution in [0, 0.1) is 5.92 Å². The lowest BCUT2D eigenvalue weighted by atomic mass is 10.0. The van der Waals surface area contributed by atoms with E-state index in [1.807, 2.05) is 13.8 Å². The van der Waals surface area contributed by atoms with Crippen LogP contribution in [0.5, 0.6) is 0 Å². The second-order valence-corrected chi connectivity index (χ2v) is 4.70. The summed E-state index contributed by atoms with van der Waals surface area (Å²) in [5, 5.41) is 3.29. The van der Waals surface area contributed by atoms with Gasteiger partial charge in [-0.2, -0.15) is 0 Å². The molecule has 106 valence electrons. The summed E-state index contributed by atoms with van der Waals surface area (Å²) in [4.78, 5) is 19.9. The first-order valence-electron chi connectivity index (χ1n) is 5.84. The van der Waals surface area contributed by atoms with Crippen molar-refractivity contribution >= 4 is 23.4 Å². The first-order chi connectivity index (χ1) is 8.97. The van der Waals surface area contributed by atoms with Crippen LogP contribution in [0.3, 0.4) is 0 Å².